The van der Waals surface area contributed by atoms with Crippen molar-refractivity contribution in [3.63, 3.8) is 0 Å². The minimum atomic E-state index is -0.343. The number of thioether (sulfide) groups is 1. The summed E-state index contributed by atoms with van der Waals surface area (Å²) in [5, 5.41) is 0.940. The maximum absolute atomic E-state index is 11.5. The van der Waals surface area contributed by atoms with Gasteiger partial charge in [0.2, 0.25) is 0 Å². The molecule has 1 aromatic rings. The van der Waals surface area contributed by atoms with Gasteiger partial charge in [0.25, 0.3) is 0 Å². The minimum absolute atomic E-state index is 0.343. The summed E-state index contributed by atoms with van der Waals surface area (Å²) < 4.78 is 4.73. The summed E-state index contributed by atoms with van der Waals surface area (Å²) in [5.74, 6) is 1.90. The van der Waals surface area contributed by atoms with Crippen LogP contribution in [0.15, 0.2) is 0 Å². The molecule has 4 nitrogen and oxygen atoms in total. The fraction of sp³-hybridized carbons (Fsp3) is 0.636. The van der Waals surface area contributed by atoms with Crippen LogP contribution >= 0.6 is 23.1 Å². The average molecular weight is 272 g/mol. The van der Waals surface area contributed by atoms with Crippen LogP contribution in [0, 0.1) is 6.92 Å². The molecule has 0 saturated carbocycles. The van der Waals surface area contributed by atoms with Crippen molar-refractivity contribution in [2.75, 3.05) is 30.1 Å². The van der Waals surface area contributed by atoms with Gasteiger partial charge in [-0.1, -0.05) is 0 Å². The molecule has 0 radical (unpaired) electrons. The molecule has 0 N–H and O–H groups in total. The number of aromatic nitrogens is 1. The third-order valence-corrected chi connectivity index (χ3v) is 4.97. The van der Waals surface area contributed by atoms with E-state index in [4.69, 9.17) is 4.74 Å². The fourth-order valence-corrected chi connectivity index (χ4v) is 3.84. The van der Waals surface area contributed by atoms with Crippen LogP contribution in [0.5, 0.6) is 0 Å². The molecule has 0 amide bonds. The molecule has 94 valence electrons. The molecule has 6 heteroatoms. The lowest BCUT2D eigenvalue weighted by Gasteiger charge is -2.32. The molecule has 1 aliphatic rings. The topological polar surface area (TPSA) is 42.4 Å². The van der Waals surface area contributed by atoms with Crippen LogP contribution in [0.2, 0.25) is 0 Å². The summed E-state index contributed by atoms with van der Waals surface area (Å²) in [6, 6.07) is 0.477. The number of thiazole rings is 1. The van der Waals surface area contributed by atoms with Gasteiger partial charge in [-0.05, 0) is 13.8 Å². The molecule has 0 spiro atoms. The van der Waals surface area contributed by atoms with E-state index in [0.717, 1.165) is 28.1 Å². The summed E-state index contributed by atoms with van der Waals surface area (Å²) >= 11 is 3.54. The standard InChI is InChI=1S/C11H16N2O2S2/c1-7-6-16-5-4-13(7)11-12-9(8(2)17-11)10(14)15-3/h7H,4-6H2,1-3H3. The van der Waals surface area contributed by atoms with Crippen LogP contribution in [0.1, 0.15) is 22.3 Å². The maximum Gasteiger partial charge on any atom is 0.357 e. The van der Waals surface area contributed by atoms with E-state index in [9.17, 15) is 4.79 Å². The summed E-state index contributed by atoms with van der Waals surface area (Å²) in [4.78, 5) is 19.1. The number of ether oxygens (including phenoxy) is 1. The van der Waals surface area contributed by atoms with Crippen LogP contribution in [-0.4, -0.2) is 42.2 Å². The van der Waals surface area contributed by atoms with Gasteiger partial charge in [0.1, 0.15) is 0 Å². The van der Waals surface area contributed by atoms with Crippen molar-refractivity contribution in [2.45, 2.75) is 19.9 Å². The number of carbonyl (C=O) groups is 1. The van der Waals surface area contributed by atoms with Crippen molar-refractivity contribution >= 4 is 34.2 Å². The van der Waals surface area contributed by atoms with Gasteiger partial charge in [0.15, 0.2) is 10.8 Å². The Bertz CT molecular complexity index is 420. The highest BCUT2D eigenvalue weighted by Crippen LogP contribution is 2.30. The largest absolute Gasteiger partial charge is 0.464 e. The molecular formula is C11H16N2O2S2. The van der Waals surface area contributed by atoms with Gasteiger partial charge in [0.05, 0.1) is 7.11 Å². The minimum Gasteiger partial charge on any atom is -0.464 e. The lowest BCUT2D eigenvalue weighted by Crippen LogP contribution is -2.40. The van der Waals surface area contributed by atoms with E-state index >= 15 is 0 Å². The fourth-order valence-electron chi connectivity index (χ4n) is 1.80. The van der Waals surface area contributed by atoms with Crippen LogP contribution in [0.4, 0.5) is 5.13 Å². The van der Waals surface area contributed by atoms with E-state index in [-0.39, 0.29) is 5.97 Å². The second kappa shape index (κ2) is 5.27. The van der Waals surface area contributed by atoms with E-state index in [0.29, 0.717) is 11.7 Å². The van der Waals surface area contributed by atoms with Crippen LogP contribution < -0.4 is 4.90 Å². The summed E-state index contributed by atoms with van der Waals surface area (Å²) in [5.41, 5.74) is 0.456. The molecule has 1 atom stereocenters. The summed E-state index contributed by atoms with van der Waals surface area (Å²) in [6.07, 6.45) is 0. The van der Waals surface area contributed by atoms with E-state index < -0.39 is 0 Å². The van der Waals surface area contributed by atoms with E-state index in [2.05, 4.69) is 16.8 Å². The zero-order valence-corrected chi connectivity index (χ0v) is 11.9. The molecule has 1 saturated heterocycles. The first kappa shape index (κ1) is 12.7. The number of nitrogens with zero attached hydrogens (tertiary/aromatic N) is 2. The van der Waals surface area contributed by atoms with Crippen LogP contribution in [-0.2, 0) is 4.74 Å². The van der Waals surface area contributed by atoms with E-state index in [1.807, 2.05) is 18.7 Å². The van der Waals surface area contributed by atoms with Gasteiger partial charge in [0, 0.05) is 29.0 Å². The van der Waals surface area contributed by atoms with Gasteiger partial charge in [-0.3, -0.25) is 0 Å². The number of hydrogen-bond donors (Lipinski definition) is 0. The molecule has 2 heterocycles. The Morgan fingerprint density at radius 2 is 2.35 bits per heavy atom. The van der Waals surface area contributed by atoms with Crippen molar-refractivity contribution in [3.05, 3.63) is 10.6 Å². The Kier molecular flexibility index (Phi) is 3.93. The predicted molar refractivity (Wildman–Crippen MR) is 72.3 cm³/mol. The highest BCUT2D eigenvalue weighted by molar-refractivity contribution is 7.99. The first-order valence-corrected chi connectivity index (χ1v) is 7.50. The highest BCUT2D eigenvalue weighted by Gasteiger charge is 2.24. The third-order valence-electron chi connectivity index (χ3n) is 2.78. The van der Waals surface area contributed by atoms with Crippen molar-refractivity contribution in [2.24, 2.45) is 0 Å². The monoisotopic (exact) mass is 272 g/mol. The molecule has 17 heavy (non-hydrogen) atoms. The number of anilines is 1. The quantitative estimate of drug-likeness (QED) is 0.772. The Morgan fingerprint density at radius 3 is 3.00 bits per heavy atom. The molecular weight excluding hydrogens is 256 g/mol. The summed E-state index contributed by atoms with van der Waals surface area (Å²) in [6.45, 7) is 5.11. The molecule has 2 rings (SSSR count). The highest BCUT2D eigenvalue weighted by atomic mass is 32.2. The second-order valence-corrected chi connectivity index (χ2v) is 6.34. The molecule has 0 aromatic carbocycles. The van der Waals surface area contributed by atoms with Gasteiger partial charge in [-0.2, -0.15) is 11.8 Å². The van der Waals surface area contributed by atoms with Gasteiger partial charge in [-0.25, -0.2) is 9.78 Å². The Balaban J connectivity index is 2.24. The Hall–Kier alpha value is -0.750. The first-order chi connectivity index (χ1) is 8.13. The SMILES string of the molecule is COC(=O)c1nc(N2CCSCC2C)sc1C. The molecule has 1 unspecified atom stereocenters. The number of esters is 1. The lowest BCUT2D eigenvalue weighted by atomic mass is 10.3. The number of methoxy groups -OCH3 is 1. The van der Waals surface area contributed by atoms with Crippen LogP contribution in [0.3, 0.4) is 0 Å². The average Bonchev–Trinajstić information content (AvgIpc) is 2.71. The Morgan fingerprint density at radius 1 is 1.59 bits per heavy atom. The zero-order valence-electron chi connectivity index (χ0n) is 10.2. The molecule has 1 aromatic heterocycles. The number of carbonyl (C=O) groups excluding carboxylic acids is 1. The normalized spacial score (nSPS) is 20.4. The molecule has 0 aliphatic carbocycles. The van der Waals surface area contributed by atoms with Gasteiger partial charge in [-0.15, -0.1) is 11.3 Å². The first-order valence-electron chi connectivity index (χ1n) is 5.53. The Labute approximate surface area is 109 Å². The molecule has 0 bridgehead atoms. The number of hydrogen-bond acceptors (Lipinski definition) is 6. The van der Waals surface area contributed by atoms with Crippen molar-refractivity contribution in [3.8, 4) is 0 Å². The maximum atomic E-state index is 11.5. The van der Waals surface area contributed by atoms with E-state index in [1.54, 1.807) is 11.3 Å². The van der Waals surface area contributed by atoms with Crippen LogP contribution in [0.25, 0.3) is 0 Å². The molecule has 1 aliphatic heterocycles. The summed E-state index contributed by atoms with van der Waals surface area (Å²) in [7, 11) is 1.39. The third kappa shape index (κ3) is 2.57. The van der Waals surface area contributed by atoms with Crippen molar-refractivity contribution in [1.29, 1.82) is 0 Å². The number of aryl methyl sites for hydroxylation is 1. The number of rotatable bonds is 2. The van der Waals surface area contributed by atoms with Crippen molar-refractivity contribution < 1.29 is 9.53 Å². The predicted octanol–water partition coefficient (Wildman–Crippen LogP) is 2.18. The van der Waals surface area contributed by atoms with Gasteiger partial charge >= 0.3 is 5.97 Å². The van der Waals surface area contributed by atoms with E-state index in [1.165, 1.54) is 7.11 Å². The second-order valence-electron chi connectivity index (χ2n) is 4.01. The lowest BCUT2D eigenvalue weighted by molar-refractivity contribution is 0.0594. The van der Waals surface area contributed by atoms with Gasteiger partial charge < -0.3 is 9.64 Å². The molecule has 1 fully saturated rings. The smallest absolute Gasteiger partial charge is 0.357 e. The zero-order chi connectivity index (χ0) is 12.4. The van der Waals surface area contributed by atoms with Crippen molar-refractivity contribution in [1.82, 2.24) is 4.98 Å².